The van der Waals surface area contributed by atoms with Gasteiger partial charge in [0, 0.05) is 18.1 Å². The van der Waals surface area contributed by atoms with E-state index in [9.17, 15) is 4.79 Å². The second kappa shape index (κ2) is 6.62. The molecule has 0 aromatic heterocycles. The molecular formula is C13H19ClN2O. The minimum atomic E-state index is -0.190. The lowest BCUT2D eigenvalue weighted by molar-refractivity contribution is -0.122. The van der Waals surface area contributed by atoms with Crippen LogP contribution in [0.5, 0.6) is 0 Å². The topological polar surface area (TPSA) is 41.1 Å². The Morgan fingerprint density at radius 1 is 1.47 bits per heavy atom. The maximum Gasteiger partial charge on any atom is 0.236 e. The van der Waals surface area contributed by atoms with Gasteiger partial charge < -0.3 is 10.6 Å². The van der Waals surface area contributed by atoms with E-state index in [1.165, 1.54) is 0 Å². The average molecular weight is 255 g/mol. The first-order valence-corrected chi connectivity index (χ1v) is 6.18. The van der Waals surface area contributed by atoms with Crippen molar-refractivity contribution in [2.24, 2.45) is 0 Å². The van der Waals surface area contributed by atoms with Crippen molar-refractivity contribution in [2.45, 2.75) is 33.4 Å². The predicted molar refractivity (Wildman–Crippen MR) is 71.2 cm³/mol. The van der Waals surface area contributed by atoms with Crippen LogP contribution < -0.4 is 10.6 Å². The summed E-state index contributed by atoms with van der Waals surface area (Å²) >= 11 is 5.89. The standard InChI is InChI=1S/C13H19ClN2O/c1-4-15-13(17)10(3)16-8-11-5-6-12(14)7-9(11)2/h5-7,10,16H,4,8H2,1-3H3,(H,15,17). The molecule has 1 aromatic carbocycles. The summed E-state index contributed by atoms with van der Waals surface area (Å²) in [4.78, 5) is 11.5. The van der Waals surface area contributed by atoms with Gasteiger partial charge >= 0.3 is 0 Å². The first kappa shape index (κ1) is 14.0. The molecule has 0 heterocycles. The van der Waals surface area contributed by atoms with Crippen molar-refractivity contribution in [1.29, 1.82) is 0 Å². The molecule has 1 unspecified atom stereocenters. The second-order valence-corrected chi connectivity index (χ2v) is 4.50. The molecule has 0 radical (unpaired) electrons. The van der Waals surface area contributed by atoms with Crippen LogP contribution in [-0.2, 0) is 11.3 Å². The van der Waals surface area contributed by atoms with Gasteiger partial charge in [-0.05, 0) is 44.0 Å². The fraction of sp³-hybridized carbons (Fsp3) is 0.462. The van der Waals surface area contributed by atoms with Crippen LogP contribution >= 0.6 is 11.6 Å². The number of halogens is 1. The number of nitrogens with one attached hydrogen (secondary N) is 2. The smallest absolute Gasteiger partial charge is 0.236 e. The van der Waals surface area contributed by atoms with Crippen molar-refractivity contribution in [2.75, 3.05) is 6.54 Å². The molecule has 0 aliphatic rings. The molecular weight excluding hydrogens is 236 g/mol. The minimum absolute atomic E-state index is 0.0270. The van der Waals surface area contributed by atoms with Crippen molar-refractivity contribution in [1.82, 2.24) is 10.6 Å². The number of hydrogen-bond donors (Lipinski definition) is 2. The Labute approximate surface area is 108 Å². The average Bonchev–Trinajstić information content (AvgIpc) is 2.27. The van der Waals surface area contributed by atoms with Gasteiger partial charge in [-0.25, -0.2) is 0 Å². The number of benzene rings is 1. The summed E-state index contributed by atoms with van der Waals surface area (Å²) < 4.78 is 0. The van der Waals surface area contributed by atoms with E-state index in [0.29, 0.717) is 13.1 Å². The van der Waals surface area contributed by atoms with Crippen LogP contribution in [0.3, 0.4) is 0 Å². The summed E-state index contributed by atoms with van der Waals surface area (Å²) in [6.45, 7) is 7.11. The van der Waals surface area contributed by atoms with Crippen LogP contribution in [0.25, 0.3) is 0 Å². The second-order valence-electron chi connectivity index (χ2n) is 4.07. The maximum absolute atomic E-state index is 11.5. The van der Waals surface area contributed by atoms with Gasteiger partial charge in [-0.15, -0.1) is 0 Å². The molecule has 0 spiro atoms. The first-order valence-electron chi connectivity index (χ1n) is 5.80. The summed E-state index contributed by atoms with van der Waals surface area (Å²) in [5, 5.41) is 6.71. The molecule has 17 heavy (non-hydrogen) atoms. The molecule has 0 aliphatic heterocycles. The van der Waals surface area contributed by atoms with Crippen LogP contribution in [0, 0.1) is 6.92 Å². The van der Waals surface area contributed by atoms with Gasteiger partial charge in [-0.3, -0.25) is 4.79 Å². The molecule has 1 aromatic rings. The summed E-state index contributed by atoms with van der Waals surface area (Å²) in [7, 11) is 0. The van der Waals surface area contributed by atoms with E-state index < -0.39 is 0 Å². The zero-order valence-corrected chi connectivity index (χ0v) is 11.3. The van der Waals surface area contributed by atoms with Crippen molar-refractivity contribution in [3.8, 4) is 0 Å². The number of hydrogen-bond acceptors (Lipinski definition) is 2. The number of aryl methyl sites for hydroxylation is 1. The molecule has 0 saturated heterocycles. The number of amides is 1. The molecule has 2 N–H and O–H groups in total. The minimum Gasteiger partial charge on any atom is -0.355 e. The van der Waals surface area contributed by atoms with Crippen molar-refractivity contribution in [3.05, 3.63) is 34.3 Å². The predicted octanol–water partition coefficient (Wildman–Crippen LogP) is 2.26. The number of likely N-dealkylation sites (N-methyl/N-ethyl adjacent to an activating group) is 1. The molecule has 0 fully saturated rings. The van der Waals surface area contributed by atoms with Crippen molar-refractivity contribution in [3.63, 3.8) is 0 Å². The van der Waals surface area contributed by atoms with Gasteiger partial charge in [0.15, 0.2) is 0 Å². The summed E-state index contributed by atoms with van der Waals surface area (Å²) in [5.74, 6) is 0.0270. The summed E-state index contributed by atoms with van der Waals surface area (Å²) in [6.07, 6.45) is 0. The van der Waals surface area contributed by atoms with Crippen LogP contribution in [0.4, 0.5) is 0 Å². The Morgan fingerprint density at radius 3 is 2.76 bits per heavy atom. The lowest BCUT2D eigenvalue weighted by Crippen LogP contribution is -2.41. The van der Waals surface area contributed by atoms with Gasteiger partial charge in [0.2, 0.25) is 5.91 Å². The number of carbonyl (C=O) groups excluding carboxylic acids is 1. The number of carbonyl (C=O) groups is 1. The van der Waals surface area contributed by atoms with E-state index in [0.717, 1.165) is 16.1 Å². The fourth-order valence-corrected chi connectivity index (χ4v) is 1.77. The van der Waals surface area contributed by atoms with E-state index in [-0.39, 0.29) is 11.9 Å². The highest BCUT2D eigenvalue weighted by Crippen LogP contribution is 2.14. The third-order valence-corrected chi connectivity index (χ3v) is 2.88. The van der Waals surface area contributed by atoms with Gasteiger partial charge in [-0.2, -0.15) is 0 Å². The third kappa shape index (κ3) is 4.36. The SMILES string of the molecule is CCNC(=O)C(C)NCc1ccc(Cl)cc1C. The third-order valence-electron chi connectivity index (χ3n) is 2.65. The quantitative estimate of drug-likeness (QED) is 0.846. The molecule has 0 aliphatic carbocycles. The van der Waals surface area contributed by atoms with Crippen LogP contribution in [-0.4, -0.2) is 18.5 Å². The molecule has 0 bridgehead atoms. The van der Waals surface area contributed by atoms with Crippen molar-refractivity contribution >= 4 is 17.5 Å². The van der Waals surface area contributed by atoms with Crippen molar-refractivity contribution < 1.29 is 4.79 Å². The largest absolute Gasteiger partial charge is 0.355 e. The van der Waals surface area contributed by atoms with E-state index in [2.05, 4.69) is 10.6 Å². The zero-order chi connectivity index (χ0) is 12.8. The van der Waals surface area contributed by atoms with E-state index in [1.54, 1.807) is 0 Å². The highest BCUT2D eigenvalue weighted by atomic mass is 35.5. The summed E-state index contributed by atoms with van der Waals surface area (Å²) in [5.41, 5.74) is 2.29. The first-order chi connectivity index (χ1) is 8.04. The summed E-state index contributed by atoms with van der Waals surface area (Å²) in [6, 6.07) is 5.58. The lowest BCUT2D eigenvalue weighted by Gasteiger charge is -2.14. The maximum atomic E-state index is 11.5. The molecule has 1 atom stereocenters. The highest BCUT2D eigenvalue weighted by molar-refractivity contribution is 6.30. The van der Waals surface area contributed by atoms with Crippen LogP contribution in [0.1, 0.15) is 25.0 Å². The molecule has 94 valence electrons. The number of rotatable bonds is 5. The van der Waals surface area contributed by atoms with Gasteiger partial charge in [-0.1, -0.05) is 17.7 Å². The Kier molecular flexibility index (Phi) is 5.45. The van der Waals surface area contributed by atoms with E-state index in [4.69, 9.17) is 11.6 Å². The van der Waals surface area contributed by atoms with E-state index in [1.807, 2.05) is 39.0 Å². The molecule has 3 nitrogen and oxygen atoms in total. The van der Waals surface area contributed by atoms with Gasteiger partial charge in [0.05, 0.1) is 6.04 Å². The molecule has 4 heteroatoms. The van der Waals surface area contributed by atoms with E-state index >= 15 is 0 Å². The molecule has 1 rings (SSSR count). The van der Waals surface area contributed by atoms with Crippen LogP contribution in [0.2, 0.25) is 5.02 Å². The van der Waals surface area contributed by atoms with Gasteiger partial charge in [0.1, 0.15) is 0 Å². The van der Waals surface area contributed by atoms with Gasteiger partial charge in [0.25, 0.3) is 0 Å². The molecule has 1 amide bonds. The van der Waals surface area contributed by atoms with Crippen LogP contribution in [0.15, 0.2) is 18.2 Å². The normalized spacial score (nSPS) is 12.2. The Bertz CT molecular complexity index is 393. The zero-order valence-electron chi connectivity index (χ0n) is 10.5. The monoisotopic (exact) mass is 254 g/mol. The Balaban J connectivity index is 2.52. The molecule has 0 saturated carbocycles. The highest BCUT2D eigenvalue weighted by Gasteiger charge is 2.10. The Hall–Kier alpha value is -1.06. The Morgan fingerprint density at radius 2 is 2.18 bits per heavy atom. The fourth-order valence-electron chi connectivity index (χ4n) is 1.54. The lowest BCUT2D eigenvalue weighted by atomic mass is 10.1.